The van der Waals surface area contributed by atoms with Crippen LogP contribution >= 0.6 is 11.8 Å². The fourth-order valence-corrected chi connectivity index (χ4v) is 18.6. The zero-order valence-corrected chi connectivity index (χ0v) is 33.9. The first kappa shape index (κ1) is 36.3. The third-order valence-corrected chi connectivity index (χ3v) is 21.0. The van der Waals surface area contributed by atoms with Gasteiger partial charge in [0.1, 0.15) is 5.78 Å². The molecule has 3 heterocycles. The molecule has 0 aromatic heterocycles. The third-order valence-electron chi connectivity index (χ3n) is 19.2. The van der Waals surface area contributed by atoms with E-state index in [2.05, 4.69) is 27.5 Å². The zero-order valence-electron chi connectivity index (χ0n) is 33.1. The van der Waals surface area contributed by atoms with Crippen molar-refractivity contribution >= 4 is 17.5 Å². The molecule has 0 radical (unpaired) electrons. The van der Waals surface area contributed by atoms with Gasteiger partial charge in [-0.05, 0) is 200 Å². The van der Waals surface area contributed by atoms with Crippen LogP contribution in [0.5, 0.6) is 0 Å². The van der Waals surface area contributed by atoms with Crippen molar-refractivity contribution in [2.45, 2.75) is 202 Å². The lowest BCUT2D eigenvalue weighted by Crippen LogP contribution is -2.49. The number of ketones is 1. The third kappa shape index (κ3) is 7.07. The van der Waals surface area contributed by atoms with Crippen molar-refractivity contribution in [2.24, 2.45) is 71.0 Å². The van der Waals surface area contributed by atoms with Crippen molar-refractivity contribution in [3.63, 3.8) is 0 Å². The van der Waals surface area contributed by atoms with Crippen molar-refractivity contribution < 1.29 is 4.79 Å². The Morgan fingerprint density at radius 1 is 0.442 bits per heavy atom. The zero-order chi connectivity index (χ0) is 34.6. The minimum absolute atomic E-state index is 0.389. The molecule has 10 atom stereocenters. The molecule has 7 aliphatic carbocycles. The predicted molar refractivity (Wildman–Crippen MR) is 216 cm³/mol. The molecule has 0 aromatic rings. The topological polar surface area (TPSA) is 44.4 Å². The van der Waals surface area contributed by atoms with Gasteiger partial charge in [0.2, 0.25) is 0 Å². The Labute approximate surface area is 323 Å². The normalized spacial score (nSPS) is 50.5. The van der Waals surface area contributed by atoms with E-state index < -0.39 is 0 Å². The van der Waals surface area contributed by atoms with Gasteiger partial charge in [-0.2, -0.15) is 11.8 Å². The number of carbonyl (C=O) groups excluding carboxylic acids is 1. The molecule has 0 aromatic carbocycles. The monoisotopic (exact) mass is 732 g/mol. The molecule has 3 saturated heterocycles. The molecule has 2 N–H and O–H groups in total. The van der Waals surface area contributed by atoms with E-state index in [9.17, 15) is 4.79 Å². The number of fused-ring (bicyclic) bond motifs is 6. The second kappa shape index (κ2) is 16.0. The highest BCUT2D eigenvalue weighted by Crippen LogP contribution is 2.62. The molecule has 0 spiro atoms. The summed E-state index contributed by atoms with van der Waals surface area (Å²) in [6.07, 6.45) is 39.1. The summed E-state index contributed by atoms with van der Waals surface area (Å²) in [7, 11) is 0. The van der Waals surface area contributed by atoms with Gasteiger partial charge in [0, 0.05) is 53.6 Å². The Morgan fingerprint density at radius 3 is 1.73 bits per heavy atom. The molecule has 0 amide bonds. The largest absolute Gasteiger partial charge is 0.299 e. The summed E-state index contributed by atoms with van der Waals surface area (Å²) in [4.78, 5) is 17.0. The number of hydrogen-bond donors (Lipinski definition) is 2. The van der Waals surface area contributed by atoms with Gasteiger partial charge in [-0.15, -0.1) is 0 Å². The minimum Gasteiger partial charge on any atom is -0.299 e. The number of hydrazine groups is 1. The molecule has 10 aliphatic rings. The molecule has 0 bridgehead atoms. The van der Waals surface area contributed by atoms with Gasteiger partial charge in [-0.25, -0.2) is 0 Å². The summed E-state index contributed by atoms with van der Waals surface area (Å²) in [6, 6.07) is 2.85. The lowest BCUT2D eigenvalue weighted by atomic mass is 9.61. The van der Waals surface area contributed by atoms with E-state index in [0.29, 0.717) is 17.6 Å². The summed E-state index contributed by atoms with van der Waals surface area (Å²) < 4.78 is 0. The number of hydrogen-bond acceptors (Lipinski definition) is 5. The van der Waals surface area contributed by atoms with E-state index in [1.54, 1.807) is 38.5 Å². The molecule has 4 nitrogen and oxygen atoms in total. The van der Waals surface area contributed by atoms with E-state index in [1.807, 2.05) is 0 Å². The standard InChI is InChI=1S/C47H77N3OS/c51-47(35-20-16-33(17-21-35)37-24-25-48-49-29-37)34-18-14-31(15-19-34)30-10-12-32(13-11-30)36-22-23-45-41(26-36)42-27-44-40(28-46(42)52-45)39-8-4-5-9-43(39)50(44)38-6-2-1-3-7-38/h30-46,48-49H,1-29H2. The van der Waals surface area contributed by atoms with Gasteiger partial charge >= 0.3 is 0 Å². The molecule has 7 saturated carbocycles. The Bertz CT molecular complexity index is 1190. The summed E-state index contributed by atoms with van der Waals surface area (Å²) >= 11 is 2.54. The fraction of sp³-hybridized carbons (Fsp3) is 0.979. The van der Waals surface area contributed by atoms with Gasteiger partial charge in [0.05, 0.1) is 0 Å². The SMILES string of the molecule is O=C(C1CCC(C2CCC(C3CCC4SC5CC6C7CCCCC7N(C7CCCCC7)C6CC5C4C3)CC2)CC1)C1CCC(C2CCNNC2)CC1. The Morgan fingerprint density at radius 2 is 1.04 bits per heavy atom. The number of carbonyl (C=O) groups is 1. The van der Waals surface area contributed by atoms with Crippen molar-refractivity contribution in [1.82, 2.24) is 15.8 Å². The highest BCUT2D eigenvalue weighted by molar-refractivity contribution is 8.00. The summed E-state index contributed by atoms with van der Waals surface area (Å²) in [5.74, 6) is 11.3. The lowest BCUT2D eigenvalue weighted by molar-refractivity contribution is -0.129. The van der Waals surface area contributed by atoms with Crippen molar-refractivity contribution in [3.05, 3.63) is 0 Å². The van der Waals surface area contributed by atoms with Crippen LogP contribution in [0, 0.1) is 71.0 Å². The number of nitrogens with zero attached hydrogens (tertiary/aromatic N) is 1. The Kier molecular flexibility index (Phi) is 11.2. The average Bonchev–Trinajstić information content (AvgIpc) is 3.75. The second-order valence-corrected chi connectivity index (χ2v) is 22.7. The number of Topliss-reactive ketones (excluding diaryl/α,β-unsaturated/α-hetero) is 1. The van der Waals surface area contributed by atoms with Crippen LogP contribution in [0.15, 0.2) is 0 Å². The molecule has 292 valence electrons. The van der Waals surface area contributed by atoms with Gasteiger partial charge in [-0.1, -0.05) is 32.1 Å². The first-order valence-corrected chi connectivity index (χ1v) is 25.0. The molecule has 10 unspecified atom stereocenters. The van der Waals surface area contributed by atoms with Crippen LogP contribution in [-0.4, -0.2) is 52.4 Å². The van der Waals surface area contributed by atoms with E-state index in [0.717, 1.165) is 101 Å². The first-order valence-electron chi connectivity index (χ1n) is 24.1. The van der Waals surface area contributed by atoms with Crippen LogP contribution < -0.4 is 10.9 Å². The lowest BCUT2D eigenvalue weighted by Gasteiger charge is -2.46. The van der Waals surface area contributed by atoms with E-state index in [1.165, 1.54) is 135 Å². The van der Waals surface area contributed by atoms with Crippen LogP contribution in [0.3, 0.4) is 0 Å². The molecular formula is C47H77N3OS. The van der Waals surface area contributed by atoms with Crippen molar-refractivity contribution in [3.8, 4) is 0 Å². The maximum atomic E-state index is 13.7. The number of thioether (sulfide) groups is 1. The summed E-state index contributed by atoms with van der Waals surface area (Å²) in [5.41, 5.74) is 6.69. The highest BCUT2D eigenvalue weighted by Gasteiger charge is 2.59. The predicted octanol–water partition coefficient (Wildman–Crippen LogP) is 10.6. The van der Waals surface area contributed by atoms with Gasteiger partial charge in [0.25, 0.3) is 0 Å². The van der Waals surface area contributed by atoms with Crippen LogP contribution in [0.2, 0.25) is 0 Å². The van der Waals surface area contributed by atoms with Gasteiger partial charge in [-0.3, -0.25) is 20.5 Å². The smallest absolute Gasteiger partial charge is 0.139 e. The number of likely N-dealkylation sites (tertiary alicyclic amines) is 1. The quantitative estimate of drug-likeness (QED) is 0.285. The maximum absolute atomic E-state index is 13.7. The molecule has 10 fully saturated rings. The van der Waals surface area contributed by atoms with Gasteiger partial charge in [0.15, 0.2) is 0 Å². The highest BCUT2D eigenvalue weighted by atomic mass is 32.2. The molecule has 5 heteroatoms. The molecule has 52 heavy (non-hydrogen) atoms. The van der Waals surface area contributed by atoms with Crippen molar-refractivity contribution in [2.75, 3.05) is 13.1 Å². The first-order chi connectivity index (χ1) is 25.7. The number of rotatable bonds is 6. The van der Waals surface area contributed by atoms with Gasteiger partial charge < -0.3 is 0 Å². The van der Waals surface area contributed by atoms with Crippen LogP contribution in [0.25, 0.3) is 0 Å². The number of nitrogens with one attached hydrogen (secondary N) is 2. The second-order valence-electron chi connectivity index (χ2n) is 21.2. The fourth-order valence-electron chi connectivity index (χ4n) is 16.5. The van der Waals surface area contributed by atoms with E-state index in [4.69, 9.17) is 0 Å². The average molecular weight is 732 g/mol. The van der Waals surface area contributed by atoms with Crippen LogP contribution in [0.4, 0.5) is 0 Å². The Balaban J connectivity index is 0.698. The summed E-state index contributed by atoms with van der Waals surface area (Å²) in [5, 5.41) is 2.01. The van der Waals surface area contributed by atoms with Crippen LogP contribution in [0.1, 0.15) is 173 Å². The minimum atomic E-state index is 0.389. The molecular weight excluding hydrogens is 655 g/mol. The molecule has 3 aliphatic heterocycles. The van der Waals surface area contributed by atoms with E-state index in [-0.39, 0.29) is 0 Å². The molecule has 10 rings (SSSR count). The maximum Gasteiger partial charge on any atom is 0.139 e. The van der Waals surface area contributed by atoms with Crippen LogP contribution in [-0.2, 0) is 4.79 Å². The van der Waals surface area contributed by atoms with E-state index >= 15 is 0 Å². The Hall–Kier alpha value is -0.100. The van der Waals surface area contributed by atoms with Crippen molar-refractivity contribution in [1.29, 1.82) is 0 Å². The summed E-state index contributed by atoms with van der Waals surface area (Å²) in [6.45, 7) is 2.23.